The van der Waals surface area contributed by atoms with Crippen molar-refractivity contribution in [1.82, 2.24) is 14.8 Å². The molecule has 1 fully saturated rings. The highest BCUT2D eigenvalue weighted by molar-refractivity contribution is 14.1. The second kappa shape index (κ2) is 7.11. The number of fused-ring (bicyclic) bond motifs is 5. The van der Waals surface area contributed by atoms with Gasteiger partial charge in [0.05, 0.1) is 10.5 Å². The fraction of sp³-hybridized carbons (Fsp3) is 0.524. The van der Waals surface area contributed by atoms with Crippen LogP contribution in [-0.4, -0.2) is 51.7 Å². The number of nitrogens with zero attached hydrogens (tertiary/aromatic N) is 2. The number of amides is 2. The maximum Gasteiger partial charge on any atom is 0.232 e. The van der Waals surface area contributed by atoms with Gasteiger partial charge in [0.1, 0.15) is 0 Å². The van der Waals surface area contributed by atoms with Gasteiger partial charge in [-0.1, -0.05) is 40.8 Å². The van der Waals surface area contributed by atoms with Crippen LogP contribution in [0.25, 0.3) is 10.9 Å². The quantitative estimate of drug-likeness (QED) is 0.540. The van der Waals surface area contributed by atoms with Crippen molar-refractivity contribution in [3.63, 3.8) is 0 Å². The number of aromatic amines is 1. The number of halogens is 1. The number of hydrogen-bond acceptors (Lipinski definition) is 2. The molecule has 2 amide bonds. The summed E-state index contributed by atoms with van der Waals surface area (Å²) >= 11 is 2.16. The summed E-state index contributed by atoms with van der Waals surface area (Å²) in [6.45, 7) is 0.781. The van der Waals surface area contributed by atoms with Gasteiger partial charge in [-0.05, 0) is 31.7 Å². The van der Waals surface area contributed by atoms with E-state index in [9.17, 15) is 9.59 Å². The molecule has 1 aromatic carbocycles. The maximum absolute atomic E-state index is 12.9. The predicted molar refractivity (Wildman–Crippen MR) is 115 cm³/mol. The van der Waals surface area contributed by atoms with Crippen LogP contribution >= 0.6 is 22.6 Å². The summed E-state index contributed by atoms with van der Waals surface area (Å²) < 4.78 is 0.476. The summed E-state index contributed by atoms with van der Waals surface area (Å²) in [6, 6.07) is 8.34. The van der Waals surface area contributed by atoms with E-state index in [0.29, 0.717) is 10.8 Å². The molecule has 2 heterocycles. The number of hydrogen-bond donors (Lipinski definition) is 1. The fourth-order valence-corrected chi connectivity index (χ4v) is 5.54. The lowest BCUT2D eigenvalue weighted by atomic mass is 9.62. The zero-order chi connectivity index (χ0) is 19.2. The van der Waals surface area contributed by atoms with Crippen LogP contribution in [0, 0.1) is 5.41 Å². The second-order valence-corrected chi connectivity index (χ2v) is 8.88. The zero-order valence-corrected chi connectivity index (χ0v) is 18.1. The van der Waals surface area contributed by atoms with Crippen molar-refractivity contribution in [3.05, 3.63) is 35.5 Å². The van der Waals surface area contributed by atoms with Crippen LogP contribution in [0.3, 0.4) is 0 Å². The van der Waals surface area contributed by atoms with Crippen molar-refractivity contribution in [2.75, 3.05) is 25.1 Å². The first-order chi connectivity index (χ1) is 13.0. The number of nitrogens with one attached hydrogen (secondary N) is 1. The van der Waals surface area contributed by atoms with E-state index >= 15 is 0 Å². The van der Waals surface area contributed by atoms with Gasteiger partial charge in [-0.15, -0.1) is 0 Å². The molecule has 1 aliphatic carbocycles. The van der Waals surface area contributed by atoms with Gasteiger partial charge in [0.15, 0.2) is 0 Å². The standard InChI is InChI=1S/C21H26IN3O2/c1-24(2)17(26)12-21-9-5-11-25(18(27)13-22)20(21)19-14-6-3-4-7-15(14)23-16(19)8-10-21/h3-4,6-7,20,23H,5,8-13H2,1-2H3/t20-,21+/m0/s1. The Morgan fingerprint density at radius 3 is 2.81 bits per heavy atom. The minimum atomic E-state index is -0.168. The first kappa shape index (κ1) is 18.8. The molecule has 0 radical (unpaired) electrons. The van der Waals surface area contributed by atoms with E-state index in [4.69, 9.17) is 0 Å². The lowest BCUT2D eigenvalue weighted by molar-refractivity contribution is -0.144. The summed E-state index contributed by atoms with van der Waals surface area (Å²) in [5.74, 6) is 0.340. The van der Waals surface area contributed by atoms with Crippen molar-refractivity contribution in [3.8, 4) is 0 Å². The van der Waals surface area contributed by atoms with Crippen LogP contribution in [0.1, 0.15) is 43.0 Å². The average molecular weight is 479 g/mol. The van der Waals surface area contributed by atoms with E-state index in [0.717, 1.165) is 37.7 Å². The van der Waals surface area contributed by atoms with Crippen molar-refractivity contribution in [1.29, 1.82) is 0 Å². The van der Waals surface area contributed by atoms with E-state index in [1.165, 1.54) is 16.6 Å². The molecule has 1 saturated heterocycles. The number of aryl methyl sites for hydroxylation is 1. The third-order valence-corrected chi connectivity index (χ3v) is 7.03. The van der Waals surface area contributed by atoms with Gasteiger partial charge in [-0.25, -0.2) is 0 Å². The number of piperidine rings is 1. The van der Waals surface area contributed by atoms with Crippen LogP contribution in [0.15, 0.2) is 24.3 Å². The molecule has 1 aromatic heterocycles. The Balaban J connectivity index is 1.88. The first-order valence-electron chi connectivity index (χ1n) is 9.62. The number of aromatic nitrogens is 1. The summed E-state index contributed by atoms with van der Waals surface area (Å²) in [5, 5.41) is 1.20. The number of likely N-dealkylation sites (tertiary alicyclic amines) is 1. The van der Waals surface area contributed by atoms with Crippen molar-refractivity contribution in [2.45, 2.75) is 38.1 Å². The normalized spacial score (nSPS) is 24.4. The largest absolute Gasteiger partial charge is 0.358 e. The molecule has 4 rings (SSSR count). The number of H-pyrrole nitrogens is 1. The van der Waals surface area contributed by atoms with Gasteiger partial charge in [-0.3, -0.25) is 9.59 Å². The number of alkyl halides is 1. The molecule has 144 valence electrons. The highest BCUT2D eigenvalue weighted by atomic mass is 127. The Labute approximate surface area is 173 Å². The zero-order valence-electron chi connectivity index (χ0n) is 15.9. The highest BCUT2D eigenvalue weighted by Crippen LogP contribution is 2.56. The molecule has 5 nitrogen and oxygen atoms in total. The molecule has 2 aromatic rings. The van der Waals surface area contributed by atoms with E-state index in [1.807, 2.05) is 20.2 Å². The van der Waals surface area contributed by atoms with Gasteiger partial charge in [-0.2, -0.15) is 0 Å². The van der Waals surface area contributed by atoms with Gasteiger partial charge in [0.25, 0.3) is 0 Å². The van der Waals surface area contributed by atoms with Crippen LogP contribution in [-0.2, 0) is 16.0 Å². The minimum Gasteiger partial charge on any atom is -0.358 e. The Morgan fingerprint density at radius 1 is 1.30 bits per heavy atom. The Morgan fingerprint density at radius 2 is 2.07 bits per heavy atom. The fourth-order valence-electron chi connectivity index (χ4n) is 5.10. The van der Waals surface area contributed by atoms with Gasteiger partial charge < -0.3 is 14.8 Å². The molecule has 1 aliphatic heterocycles. The van der Waals surface area contributed by atoms with Gasteiger partial charge in [0, 0.05) is 54.6 Å². The maximum atomic E-state index is 12.9. The smallest absolute Gasteiger partial charge is 0.232 e. The van der Waals surface area contributed by atoms with Crippen LogP contribution < -0.4 is 0 Å². The Hall–Kier alpha value is -1.57. The predicted octanol–water partition coefficient (Wildman–Crippen LogP) is 3.68. The van der Waals surface area contributed by atoms with E-state index in [1.54, 1.807) is 4.90 Å². The average Bonchev–Trinajstić information content (AvgIpc) is 3.05. The van der Waals surface area contributed by atoms with Gasteiger partial charge in [0.2, 0.25) is 11.8 Å². The van der Waals surface area contributed by atoms with Crippen molar-refractivity contribution >= 4 is 45.3 Å². The molecule has 27 heavy (non-hydrogen) atoms. The van der Waals surface area contributed by atoms with E-state index in [2.05, 4.69) is 50.7 Å². The SMILES string of the molecule is CN(C)C(=O)C[C@]12CCCN(C(=O)CI)[C@H]1c1c([nH]c3ccccc13)CC2. The summed E-state index contributed by atoms with van der Waals surface area (Å²) in [5.41, 5.74) is 3.45. The summed E-state index contributed by atoms with van der Waals surface area (Å²) in [6.07, 6.45) is 4.36. The number of carbonyl (C=O) groups excluding carboxylic acids is 2. The third kappa shape index (κ3) is 3.05. The molecule has 6 heteroatoms. The van der Waals surface area contributed by atoms with E-state index < -0.39 is 0 Å². The molecule has 2 atom stereocenters. The first-order valence-corrected chi connectivity index (χ1v) is 11.1. The molecule has 2 aliphatic rings. The highest BCUT2D eigenvalue weighted by Gasteiger charge is 2.51. The number of carbonyl (C=O) groups is 2. The van der Waals surface area contributed by atoms with Crippen LogP contribution in [0.5, 0.6) is 0 Å². The Bertz CT molecular complexity index is 891. The molecule has 1 N–H and O–H groups in total. The van der Waals surface area contributed by atoms with Crippen molar-refractivity contribution < 1.29 is 9.59 Å². The lowest BCUT2D eigenvalue weighted by Gasteiger charge is -2.52. The second-order valence-electron chi connectivity index (χ2n) is 8.12. The van der Waals surface area contributed by atoms with Crippen LogP contribution in [0.2, 0.25) is 0 Å². The Kier molecular flexibility index (Phi) is 4.94. The van der Waals surface area contributed by atoms with E-state index in [-0.39, 0.29) is 23.3 Å². The third-order valence-electron chi connectivity index (χ3n) is 6.38. The number of rotatable bonds is 3. The molecular formula is C21H26IN3O2. The number of benzene rings is 1. The molecule has 0 unspecified atom stereocenters. The van der Waals surface area contributed by atoms with Crippen LogP contribution in [0.4, 0.5) is 0 Å². The number of para-hydroxylation sites is 1. The summed E-state index contributed by atoms with van der Waals surface area (Å²) in [7, 11) is 3.65. The summed E-state index contributed by atoms with van der Waals surface area (Å²) in [4.78, 5) is 32.9. The monoisotopic (exact) mass is 479 g/mol. The topological polar surface area (TPSA) is 56.4 Å². The van der Waals surface area contributed by atoms with Gasteiger partial charge >= 0.3 is 0 Å². The molecule has 0 saturated carbocycles. The minimum absolute atomic E-state index is 0.0164. The molecular weight excluding hydrogens is 453 g/mol. The lowest BCUT2D eigenvalue weighted by Crippen LogP contribution is -2.52. The molecule has 0 bridgehead atoms. The molecule has 0 spiro atoms. The van der Waals surface area contributed by atoms with Crippen molar-refractivity contribution in [2.24, 2.45) is 5.41 Å².